The van der Waals surface area contributed by atoms with E-state index in [0.717, 1.165) is 0 Å². The van der Waals surface area contributed by atoms with Crippen molar-refractivity contribution in [2.45, 2.75) is 53.8 Å². The molecule has 1 N–H and O–H groups in total. The molecule has 0 amide bonds. The highest BCUT2D eigenvalue weighted by molar-refractivity contribution is 6.08. The zero-order valence-electron chi connectivity index (χ0n) is 7.14. The van der Waals surface area contributed by atoms with E-state index in [1.54, 1.807) is 27.7 Å². The van der Waals surface area contributed by atoms with Gasteiger partial charge >= 0.3 is 0 Å². The summed E-state index contributed by atoms with van der Waals surface area (Å²) in [5.74, 6) is 0. The monoisotopic (exact) mass is 174 g/mol. The number of hydrogen-bond donors (Lipinski definition) is 1. The molecule has 12 heavy (non-hydrogen) atoms. The Morgan fingerprint density at radius 3 is 1.58 bits per heavy atom. The van der Waals surface area contributed by atoms with E-state index in [0.29, 0.717) is 0 Å². The first-order chi connectivity index (χ1) is 4.31. The molecule has 0 aromatic carbocycles. The lowest BCUT2D eigenvalue weighted by Gasteiger charge is -2.36. The summed E-state index contributed by atoms with van der Waals surface area (Å²) in [5, 5.41) is 9.50. The normalized spacial score (nSPS) is 11.4. The molecule has 0 unspecified atom stereocenters. The topological polar surface area (TPSA) is 29.5 Å². The van der Waals surface area contributed by atoms with Crippen LogP contribution in [0, 0.1) is 0 Å². The van der Waals surface area contributed by atoms with Crippen molar-refractivity contribution >= 4 is 7.85 Å². The molecule has 0 fully saturated rings. The Balaban J connectivity index is -0.000000405. The molecule has 0 saturated heterocycles. The summed E-state index contributed by atoms with van der Waals surface area (Å²) in [7, 11) is 5.18. The van der Waals surface area contributed by atoms with Gasteiger partial charge in [0.05, 0.1) is 11.2 Å². The molecule has 0 aromatic rings. The van der Waals surface area contributed by atoms with E-state index in [-0.39, 0.29) is 21.4 Å². The average Bonchev–Trinajstić information content (AvgIpc) is 1.61. The third-order valence-corrected chi connectivity index (χ3v) is 1.92. The van der Waals surface area contributed by atoms with Crippen molar-refractivity contribution in [3.63, 3.8) is 0 Å². The summed E-state index contributed by atoms with van der Waals surface area (Å²) in [6.45, 7) is 7.14. The molecule has 0 spiro atoms. The van der Waals surface area contributed by atoms with E-state index in [2.05, 4.69) is 0 Å². The predicted octanol–water partition coefficient (Wildman–Crippen LogP) is 1.95. The number of hydrogen-bond acceptors (Lipinski definition) is 2. The van der Waals surface area contributed by atoms with Gasteiger partial charge in [-0.2, -0.15) is 0 Å². The molecule has 0 bridgehead atoms. The van der Waals surface area contributed by atoms with Gasteiger partial charge in [-0.1, -0.05) is 14.9 Å². The fraction of sp³-hybridized carbons (Fsp3) is 1.00. The van der Waals surface area contributed by atoms with E-state index in [4.69, 9.17) is 12.6 Å². The molecule has 0 heterocycles. The molecule has 2 nitrogen and oxygen atoms in total. The van der Waals surface area contributed by atoms with Crippen molar-refractivity contribution in [2.75, 3.05) is 6.51 Å². The van der Waals surface area contributed by atoms with Crippen LogP contribution in [0.5, 0.6) is 0 Å². The molecule has 0 aliphatic carbocycles. The Hall–Kier alpha value is -0.0151. The molecular formula is C9H23BO2. The minimum atomic E-state index is -0.855. The van der Waals surface area contributed by atoms with E-state index in [1.807, 2.05) is 0 Å². The largest absolute Gasteiger partial charge is 0.387 e. The lowest BCUT2D eigenvalue weighted by Crippen LogP contribution is -2.47. The second-order valence-corrected chi connectivity index (χ2v) is 3.38. The first-order valence-electron chi connectivity index (χ1n) is 3.37. The summed E-state index contributed by atoms with van der Waals surface area (Å²) < 4.78 is 5.12. The van der Waals surface area contributed by atoms with Crippen LogP contribution in [0.25, 0.3) is 0 Å². The van der Waals surface area contributed by atoms with Crippen molar-refractivity contribution < 1.29 is 9.84 Å². The molecule has 2 radical (unpaired) electrons. The van der Waals surface area contributed by atoms with Crippen LogP contribution in [0.2, 0.25) is 0 Å². The third-order valence-electron chi connectivity index (χ3n) is 1.92. The molecule has 74 valence electrons. The summed E-state index contributed by atoms with van der Waals surface area (Å²) in [5.41, 5.74) is -1.44. The zero-order chi connectivity index (χ0) is 8.41. The molecule has 0 aliphatic heterocycles. The van der Waals surface area contributed by atoms with Gasteiger partial charge in [0.1, 0.15) is 7.85 Å². The summed E-state index contributed by atoms with van der Waals surface area (Å²) >= 11 is 0. The predicted molar refractivity (Wildman–Crippen MR) is 55.5 cm³/mol. The maximum absolute atomic E-state index is 9.50. The average molecular weight is 174 g/mol. The quantitative estimate of drug-likeness (QED) is 0.662. The van der Waals surface area contributed by atoms with Gasteiger partial charge in [-0.05, 0) is 27.7 Å². The summed E-state index contributed by atoms with van der Waals surface area (Å²) in [6, 6.07) is 0. The van der Waals surface area contributed by atoms with Gasteiger partial charge in [-0.15, -0.1) is 0 Å². The molecule has 3 heteroatoms. The van der Waals surface area contributed by atoms with Crippen LogP contribution in [0.1, 0.15) is 42.5 Å². The second-order valence-electron chi connectivity index (χ2n) is 3.38. The van der Waals surface area contributed by atoms with Gasteiger partial charge in [-0.25, -0.2) is 0 Å². The van der Waals surface area contributed by atoms with E-state index >= 15 is 0 Å². The fourth-order valence-electron chi connectivity index (χ4n) is 0.385. The zero-order valence-corrected chi connectivity index (χ0v) is 7.14. The Morgan fingerprint density at radius 2 is 1.50 bits per heavy atom. The van der Waals surface area contributed by atoms with E-state index in [1.165, 1.54) is 0 Å². The summed E-state index contributed by atoms with van der Waals surface area (Å²) in [4.78, 5) is 0. The van der Waals surface area contributed by atoms with Crippen LogP contribution in [-0.2, 0) is 4.74 Å². The van der Waals surface area contributed by atoms with Crippen molar-refractivity contribution in [1.82, 2.24) is 0 Å². The summed E-state index contributed by atoms with van der Waals surface area (Å²) in [6.07, 6.45) is 0. The standard InChI is InChI=1S/C7H15BO2.2CH4/c1-6(2,9)7(3,4)10-5-8;;/h9H,5H2,1-4H3;2*1H4. The molecule has 0 atom stereocenters. The number of ether oxygens (including phenoxy) is 1. The van der Waals surface area contributed by atoms with E-state index in [9.17, 15) is 5.11 Å². The first kappa shape index (κ1) is 17.9. The Labute approximate surface area is 78.7 Å². The van der Waals surface area contributed by atoms with Crippen LogP contribution in [-0.4, -0.2) is 30.7 Å². The minimum Gasteiger partial charge on any atom is -0.387 e. The highest BCUT2D eigenvalue weighted by atomic mass is 16.5. The molecule has 0 rings (SSSR count). The minimum absolute atomic E-state index is 0. The van der Waals surface area contributed by atoms with Gasteiger partial charge < -0.3 is 9.84 Å². The maximum Gasteiger partial charge on any atom is 0.104 e. The van der Waals surface area contributed by atoms with Crippen LogP contribution >= 0.6 is 0 Å². The SMILES string of the molecule is C.C.[B]COC(C)(C)C(C)(C)O. The molecule has 0 aromatic heterocycles. The number of aliphatic hydroxyl groups is 1. The Morgan fingerprint density at radius 1 is 1.17 bits per heavy atom. The second kappa shape index (κ2) is 5.60. The highest BCUT2D eigenvalue weighted by Crippen LogP contribution is 2.24. The third kappa shape index (κ3) is 4.78. The molecular weight excluding hydrogens is 151 g/mol. The van der Waals surface area contributed by atoms with Crippen LogP contribution in [0.3, 0.4) is 0 Å². The van der Waals surface area contributed by atoms with Gasteiger partial charge in [0.15, 0.2) is 0 Å². The smallest absolute Gasteiger partial charge is 0.104 e. The number of rotatable bonds is 3. The highest BCUT2D eigenvalue weighted by Gasteiger charge is 2.35. The maximum atomic E-state index is 9.50. The van der Waals surface area contributed by atoms with Gasteiger partial charge in [0, 0.05) is 6.51 Å². The van der Waals surface area contributed by atoms with Crippen molar-refractivity contribution in [2.24, 2.45) is 0 Å². The van der Waals surface area contributed by atoms with Crippen LogP contribution in [0.15, 0.2) is 0 Å². The van der Waals surface area contributed by atoms with Gasteiger partial charge in [-0.3, -0.25) is 0 Å². The van der Waals surface area contributed by atoms with Crippen LogP contribution < -0.4 is 0 Å². The molecule has 0 saturated carbocycles. The van der Waals surface area contributed by atoms with Gasteiger partial charge in [0.2, 0.25) is 0 Å². The fourth-order valence-corrected chi connectivity index (χ4v) is 0.385. The van der Waals surface area contributed by atoms with Crippen LogP contribution in [0.4, 0.5) is 0 Å². The lowest BCUT2D eigenvalue weighted by atomic mass is 9.89. The van der Waals surface area contributed by atoms with E-state index < -0.39 is 11.2 Å². The van der Waals surface area contributed by atoms with Crippen molar-refractivity contribution in [1.29, 1.82) is 0 Å². The lowest BCUT2D eigenvalue weighted by molar-refractivity contribution is -0.135. The molecule has 0 aliphatic rings. The Kier molecular flexibility index (Phi) is 8.36. The van der Waals surface area contributed by atoms with Crippen molar-refractivity contribution in [3.8, 4) is 0 Å². The van der Waals surface area contributed by atoms with Crippen molar-refractivity contribution in [3.05, 3.63) is 0 Å². The van der Waals surface area contributed by atoms with Gasteiger partial charge in [0.25, 0.3) is 0 Å². The first-order valence-corrected chi connectivity index (χ1v) is 3.37. The Bertz CT molecular complexity index is 106.